The number of cyclic esters (lactones) is 1. The topological polar surface area (TPSA) is 46.6 Å². The van der Waals surface area contributed by atoms with Crippen LogP contribution in [-0.4, -0.2) is 29.4 Å². The molecule has 1 aromatic rings. The number of carbonyl (C=O) groups is 2. The molecule has 0 aromatic heterocycles. The van der Waals surface area contributed by atoms with Crippen molar-refractivity contribution in [2.75, 3.05) is 6.54 Å². The molecule has 1 aliphatic rings. The third-order valence-electron chi connectivity index (χ3n) is 3.53. The van der Waals surface area contributed by atoms with Gasteiger partial charge in [-0.25, -0.2) is 4.79 Å². The summed E-state index contributed by atoms with van der Waals surface area (Å²) >= 11 is 3.40. The first-order valence-electron chi connectivity index (χ1n) is 6.69. The summed E-state index contributed by atoms with van der Waals surface area (Å²) in [5.74, 6) is 0.0530. The molecule has 1 amide bonds. The number of Topliss-reactive ketones (excluding diaryl/α,β-unsaturated/α-hetero) is 1. The minimum absolute atomic E-state index is 0.0334. The fourth-order valence-corrected chi connectivity index (χ4v) is 2.65. The van der Waals surface area contributed by atoms with Gasteiger partial charge in [0.2, 0.25) is 0 Å². The van der Waals surface area contributed by atoms with Gasteiger partial charge in [-0.3, -0.25) is 4.79 Å². The maximum atomic E-state index is 12.1. The molecule has 0 spiro atoms. The number of amides is 1. The van der Waals surface area contributed by atoms with Crippen molar-refractivity contribution in [1.82, 2.24) is 4.90 Å². The standard InChI is InChI=1S/C15H18BrNO3/c1-10(18)9-14-7-8-17(15(19)20-14)11(2)12-3-5-13(16)6-4-12/h3-6,11,14H,7-9H2,1-2H3. The van der Waals surface area contributed by atoms with Gasteiger partial charge in [0.1, 0.15) is 11.9 Å². The Hall–Kier alpha value is -1.36. The van der Waals surface area contributed by atoms with Crippen LogP contribution in [0.25, 0.3) is 0 Å². The summed E-state index contributed by atoms with van der Waals surface area (Å²) in [5, 5.41) is 0. The van der Waals surface area contributed by atoms with Crippen molar-refractivity contribution in [3.8, 4) is 0 Å². The molecule has 0 saturated carbocycles. The Morgan fingerprint density at radius 2 is 2.10 bits per heavy atom. The van der Waals surface area contributed by atoms with Crippen LogP contribution >= 0.6 is 15.9 Å². The second kappa shape index (κ2) is 6.39. The van der Waals surface area contributed by atoms with Crippen molar-refractivity contribution in [2.24, 2.45) is 0 Å². The van der Waals surface area contributed by atoms with Gasteiger partial charge in [-0.2, -0.15) is 0 Å². The highest BCUT2D eigenvalue weighted by atomic mass is 79.9. The van der Waals surface area contributed by atoms with Crippen molar-refractivity contribution in [3.05, 3.63) is 34.3 Å². The van der Waals surface area contributed by atoms with Crippen LogP contribution in [0.15, 0.2) is 28.7 Å². The summed E-state index contributed by atoms with van der Waals surface area (Å²) < 4.78 is 6.34. The van der Waals surface area contributed by atoms with E-state index >= 15 is 0 Å². The van der Waals surface area contributed by atoms with Gasteiger partial charge in [0.15, 0.2) is 0 Å². The molecule has 1 saturated heterocycles. The van der Waals surface area contributed by atoms with Crippen LogP contribution in [0.5, 0.6) is 0 Å². The number of carbonyl (C=O) groups excluding carboxylic acids is 2. The van der Waals surface area contributed by atoms with Crippen LogP contribution in [0.4, 0.5) is 4.79 Å². The summed E-state index contributed by atoms with van der Waals surface area (Å²) in [5.41, 5.74) is 1.06. The molecule has 4 nitrogen and oxygen atoms in total. The van der Waals surface area contributed by atoms with E-state index in [9.17, 15) is 9.59 Å². The maximum absolute atomic E-state index is 12.1. The van der Waals surface area contributed by atoms with E-state index < -0.39 is 0 Å². The SMILES string of the molecule is CC(=O)CC1CCN(C(C)c2ccc(Br)cc2)C(=O)O1. The maximum Gasteiger partial charge on any atom is 0.410 e. The number of ketones is 1. The lowest BCUT2D eigenvalue weighted by Crippen LogP contribution is -2.43. The zero-order valence-electron chi connectivity index (χ0n) is 11.6. The largest absolute Gasteiger partial charge is 0.446 e. The number of hydrogen-bond donors (Lipinski definition) is 0. The van der Waals surface area contributed by atoms with E-state index in [1.165, 1.54) is 6.92 Å². The summed E-state index contributed by atoms with van der Waals surface area (Å²) in [6.07, 6.45) is 0.407. The van der Waals surface area contributed by atoms with Crippen molar-refractivity contribution >= 4 is 27.8 Å². The molecule has 0 bridgehead atoms. The smallest absolute Gasteiger partial charge is 0.410 e. The van der Waals surface area contributed by atoms with Crippen LogP contribution < -0.4 is 0 Å². The van der Waals surface area contributed by atoms with Gasteiger partial charge < -0.3 is 9.64 Å². The molecule has 0 radical (unpaired) electrons. The Balaban J connectivity index is 2.01. The third-order valence-corrected chi connectivity index (χ3v) is 4.06. The molecule has 2 atom stereocenters. The monoisotopic (exact) mass is 339 g/mol. The lowest BCUT2D eigenvalue weighted by molar-refractivity contribution is -0.119. The van der Waals surface area contributed by atoms with Gasteiger partial charge in [-0.1, -0.05) is 28.1 Å². The van der Waals surface area contributed by atoms with Crippen molar-refractivity contribution in [2.45, 2.75) is 38.8 Å². The molecule has 1 fully saturated rings. The molecule has 0 aliphatic carbocycles. The Labute approximate surface area is 127 Å². The highest BCUT2D eigenvalue weighted by Crippen LogP contribution is 2.26. The third kappa shape index (κ3) is 3.60. The van der Waals surface area contributed by atoms with Crippen LogP contribution in [-0.2, 0) is 9.53 Å². The van der Waals surface area contributed by atoms with Gasteiger partial charge in [0, 0.05) is 23.9 Å². The predicted molar refractivity (Wildman–Crippen MR) is 79.4 cm³/mol. The second-order valence-corrected chi connectivity index (χ2v) is 6.04. The second-order valence-electron chi connectivity index (χ2n) is 5.12. The quantitative estimate of drug-likeness (QED) is 0.840. The van der Waals surface area contributed by atoms with Gasteiger partial charge in [0.05, 0.1) is 6.04 Å². The van der Waals surface area contributed by atoms with Gasteiger partial charge in [-0.05, 0) is 31.5 Å². The fourth-order valence-electron chi connectivity index (χ4n) is 2.38. The minimum Gasteiger partial charge on any atom is -0.446 e. The molecule has 2 rings (SSSR count). The normalized spacial score (nSPS) is 20.4. The molecule has 1 aromatic carbocycles. The van der Waals surface area contributed by atoms with Crippen LogP contribution in [0, 0.1) is 0 Å². The average Bonchev–Trinajstić information content (AvgIpc) is 2.38. The Morgan fingerprint density at radius 1 is 1.45 bits per heavy atom. The van der Waals surface area contributed by atoms with Crippen LogP contribution in [0.3, 0.4) is 0 Å². The summed E-state index contributed by atoms with van der Waals surface area (Å²) in [6, 6.07) is 7.86. The van der Waals surface area contributed by atoms with Gasteiger partial charge >= 0.3 is 6.09 Å². The van der Waals surface area contributed by atoms with Gasteiger partial charge in [0.25, 0.3) is 0 Å². The number of ether oxygens (including phenoxy) is 1. The first-order chi connectivity index (χ1) is 9.47. The number of benzene rings is 1. The molecular formula is C15H18BrNO3. The molecule has 1 heterocycles. The van der Waals surface area contributed by atoms with Crippen LogP contribution in [0.1, 0.15) is 38.3 Å². The Kier molecular flexibility index (Phi) is 4.81. The number of halogens is 1. The highest BCUT2D eigenvalue weighted by Gasteiger charge is 2.31. The first-order valence-corrected chi connectivity index (χ1v) is 7.49. The van der Waals surface area contributed by atoms with Crippen molar-refractivity contribution in [1.29, 1.82) is 0 Å². The zero-order valence-corrected chi connectivity index (χ0v) is 13.2. The summed E-state index contributed by atoms with van der Waals surface area (Å²) in [4.78, 5) is 24.8. The minimum atomic E-state index is -0.335. The molecule has 2 unspecified atom stereocenters. The molecule has 5 heteroatoms. The van der Waals surface area contributed by atoms with Crippen molar-refractivity contribution < 1.29 is 14.3 Å². The number of nitrogens with zero attached hydrogens (tertiary/aromatic N) is 1. The summed E-state index contributed by atoms with van der Waals surface area (Å²) in [6.45, 7) is 4.12. The Morgan fingerprint density at radius 3 is 2.65 bits per heavy atom. The molecule has 20 heavy (non-hydrogen) atoms. The van der Waals surface area contributed by atoms with E-state index in [4.69, 9.17) is 4.74 Å². The van der Waals surface area contributed by atoms with E-state index in [1.54, 1.807) is 4.90 Å². The van der Waals surface area contributed by atoms with E-state index in [0.29, 0.717) is 19.4 Å². The lowest BCUT2D eigenvalue weighted by Gasteiger charge is -2.35. The average molecular weight is 340 g/mol. The van der Waals surface area contributed by atoms with E-state index in [2.05, 4.69) is 15.9 Å². The molecule has 0 N–H and O–H groups in total. The van der Waals surface area contributed by atoms with Gasteiger partial charge in [-0.15, -0.1) is 0 Å². The predicted octanol–water partition coefficient (Wildman–Crippen LogP) is 3.70. The van der Waals surface area contributed by atoms with E-state index in [0.717, 1.165) is 10.0 Å². The fraction of sp³-hybridized carbons (Fsp3) is 0.467. The number of hydrogen-bond acceptors (Lipinski definition) is 3. The number of rotatable bonds is 4. The van der Waals surface area contributed by atoms with Crippen LogP contribution in [0.2, 0.25) is 0 Å². The lowest BCUT2D eigenvalue weighted by atomic mass is 10.0. The summed E-state index contributed by atoms with van der Waals surface area (Å²) in [7, 11) is 0. The molecule has 1 aliphatic heterocycles. The Bertz CT molecular complexity index is 500. The van der Waals surface area contributed by atoms with E-state index in [-0.39, 0.29) is 24.0 Å². The van der Waals surface area contributed by atoms with E-state index in [1.807, 2.05) is 31.2 Å². The zero-order chi connectivity index (χ0) is 14.7. The first kappa shape index (κ1) is 15.0. The molecular weight excluding hydrogens is 322 g/mol. The highest BCUT2D eigenvalue weighted by molar-refractivity contribution is 9.10. The van der Waals surface area contributed by atoms with Crippen molar-refractivity contribution in [3.63, 3.8) is 0 Å². The molecule has 108 valence electrons.